The van der Waals surface area contributed by atoms with Crippen LogP contribution in [-0.4, -0.2) is 4.98 Å². The van der Waals surface area contributed by atoms with Gasteiger partial charge in [-0.1, -0.05) is 0 Å². The Morgan fingerprint density at radius 1 is 1.00 bits per heavy atom. The largest absolute Gasteiger partial charge is 0.332 e. The lowest BCUT2D eigenvalue weighted by Gasteiger charge is -2.02. The summed E-state index contributed by atoms with van der Waals surface area (Å²) < 4.78 is 26.3. The molecular weight excluding hydrogens is 302 g/mol. The first-order chi connectivity index (χ1) is 10.5. The minimum absolute atomic E-state index is 0.221. The highest BCUT2D eigenvalue weighted by molar-refractivity contribution is 7.16. The van der Waals surface area contributed by atoms with Gasteiger partial charge >= 0.3 is 0 Å². The second-order valence-corrected chi connectivity index (χ2v) is 6.22. The first-order valence-electron chi connectivity index (χ1n) is 6.79. The molecular formula is C17H14F2N2S. The summed E-state index contributed by atoms with van der Waals surface area (Å²) in [5, 5.41) is 3.88. The Morgan fingerprint density at radius 3 is 2.41 bits per heavy atom. The van der Waals surface area contributed by atoms with E-state index in [1.54, 1.807) is 31.2 Å². The van der Waals surface area contributed by atoms with Gasteiger partial charge < -0.3 is 5.32 Å². The topological polar surface area (TPSA) is 24.9 Å². The SMILES string of the molecule is Cc1cc(-c2nc(Nc3ccc(F)cc3)sc2C)ccc1F. The summed E-state index contributed by atoms with van der Waals surface area (Å²) in [7, 11) is 0. The summed E-state index contributed by atoms with van der Waals surface area (Å²) in [6, 6.07) is 11.1. The van der Waals surface area contributed by atoms with E-state index >= 15 is 0 Å². The second kappa shape index (κ2) is 5.85. The molecule has 22 heavy (non-hydrogen) atoms. The fourth-order valence-electron chi connectivity index (χ4n) is 2.17. The molecule has 112 valence electrons. The first kappa shape index (κ1) is 14.7. The fraction of sp³-hybridized carbons (Fsp3) is 0.118. The zero-order chi connectivity index (χ0) is 15.7. The number of rotatable bonds is 3. The van der Waals surface area contributed by atoms with Gasteiger partial charge in [-0.3, -0.25) is 0 Å². The van der Waals surface area contributed by atoms with Crippen LogP contribution in [0.4, 0.5) is 19.6 Å². The predicted octanol–water partition coefficient (Wildman–Crippen LogP) is 5.45. The summed E-state index contributed by atoms with van der Waals surface area (Å²) in [6.07, 6.45) is 0. The summed E-state index contributed by atoms with van der Waals surface area (Å²) in [5.74, 6) is -0.496. The van der Waals surface area contributed by atoms with E-state index in [4.69, 9.17) is 0 Å². The lowest BCUT2D eigenvalue weighted by atomic mass is 10.1. The molecule has 3 rings (SSSR count). The summed E-state index contributed by atoms with van der Waals surface area (Å²) in [4.78, 5) is 5.60. The minimum Gasteiger partial charge on any atom is -0.332 e. The highest BCUT2D eigenvalue weighted by Crippen LogP contribution is 2.32. The average Bonchev–Trinajstić information content (AvgIpc) is 2.85. The third-order valence-electron chi connectivity index (χ3n) is 3.32. The predicted molar refractivity (Wildman–Crippen MR) is 86.7 cm³/mol. The number of nitrogens with one attached hydrogen (secondary N) is 1. The Kier molecular flexibility index (Phi) is 3.90. The molecule has 0 fully saturated rings. The number of halogens is 2. The highest BCUT2D eigenvalue weighted by atomic mass is 32.1. The van der Waals surface area contributed by atoms with Crippen LogP contribution in [0.5, 0.6) is 0 Å². The summed E-state index contributed by atoms with van der Waals surface area (Å²) >= 11 is 1.51. The Bertz CT molecular complexity index is 810. The molecule has 3 aromatic rings. The molecule has 0 bridgehead atoms. The Morgan fingerprint density at radius 2 is 1.73 bits per heavy atom. The third-order valence-corrected chi connectivity index (χ3v) is 4.21. The van der Waals surface area contributed by atoms with Crippen LogP contribution < -0.4 is 5.32 Å². The quantitative estimate of drug-likeness (QED) is 0.695. The Labute approximate surface area is 131 Å². The van der Waals surface area contributed by atoms with E-state index in [2.05, 4.69) is 10.3 Å². The van der Waals surface area contributed by atoms with E-state index in [9.17, 15) is 8.78 Å². The molecule has 1 aromatic heterocycles. The van der Waals surface area contributed by atoms with Crippen molar-refractivity contribution in [2.75, 3.05) is 5.32 Å². The van der Waals surface area contributed by atoms with Gasteiger partial charge in [-0.2, -0.15) is 0 Å². The molecule has 0 saturated carbocycles. The zero-order valence-corrected chi connectivity index (χ0v) is 13.0. The number of hydrogen-bond donors (Lipinski definition) is 1. The molecule has 1 N–H and O–H groups in total. The molecule has 0 saturated heterocycles. The van der Waals surface area contributed by atoms with Crippen molar-refractivity contribution in [1.29, 1.82) is 0 Å². The van der Waals surface area contributed by atoms with Crippen molar-refractivity contribution in [2.24, 2.45) is 0 Å². The Hall–Kier alpha value is -2.27. The van der Waals surface area contributed by atoms with Crippen LogP contribution in [0, 0.1) is 25.5 Å². The van der Waals surface area contributed by atoms with Crippen molar-refractivity contribution in [3.8, 4) is 11.3 Å². The summed E-state index contributed by atoms with van der Waals surface area (Å²) in [6.45, 7) is 3.71. The van der Waals surface area contributed by atoms with E-state index in [-0.39, 0.29) is 11.6 Å². The number of aromatic nitrogens is 1. The molecule has 2 nitrogen and oxygen atoms in total. The van der Waals surface area contributed by atoms with Crippen LogP contribution >= 0.6 is 11.3 Å². The van der Waals surface area contributed by atoms with Crippen LogP contribution in [0.3, 0.4) is 0 Å². The monoisotopic (exact) mass is 316 g/mol. The normalized spacial score (nSPS) is 10.7. The van der Waals surface area contributed by atoms with Gasteiger partial charge in [-0.25, -0.2) is 13.8 Å². The molecule has 0 spiro atoms. The number of aryl methyl sites for hydroxylation is 2. The van der Waals surface area contributed by atoms with Crippen molar-refractivity contribution in [3.63, 3.8) is 0 Å². The lowest BCUT2D eigenvalue weighted by molar-refractivity contribution is 0.618. The van der Waals surface area contributed by atoms with Crippen LogP contribution in [-0.2, 0) is 0 Å². The number of hydrogen-bond acceptors (Lipinski definition) is 3. The number of nitrogens with zero attached hydrogens (tertiary/aromatic N) is 1. The van der Waals surface area contributed by atoms with Crippen molar-refractivity contribution in [2.45, 2.75) is 13.8 Å². The van der Waals surface area contributed by atoms with Gasteiger partial charge in [-0.15, -0.1) is 11.3 Å². The van der Waals surface area contributed by atoms with Gasteiger partial charge in [0.05, 0.1) is 5.69 Å². The number of anilines is 2. The smallest absolute Gasteiger partial charge is 0.187 e. The molecule has 0 unspecified atom stereocenters. The van der Waals surface area contributed by atoms with Crippen LogP contribution in [0.1, 0.15) is 10.4 Å². The van der Waals surface area contributed by atoms with Crippen LogP contribution in [0.2, 0.25) is 0 Å². The summed E-state index contributed by atoms with van der Waals surface area (Å²) in [5.41, 5.74) is 3.09. The molecule has 5 heteroatoms. The van der Waals surface area contributed by atoms with Crippen LogP contribution in [0.25, 0.3) is 11.3 Å². The maximum absolute atomic E-state index is 13.4. The fourth-order valence-corrected chi connectivity index (χ4v) is 3.02. The van der Waals surface area contributed by atoms with Crippen molar-refractivity contribution >= 4 is 22.2 Å². The van der Waals surface area contributed by atoms with Gasteiger partial charge in [-0.05, 0) is 61.9 Å². The number of thiazole rings is 1. The molecule has 0 radical (unpaired) electrons. The highest BCUT2D eigenvalue weighted by Gasteiger charge is 2.11. The van der Waals surface area contributed by atoms with Gasteiger partial charge in [0.15, 0.2) is 5.13 Å². The van der Waals surface area contributed by atoms with Crippen molar-refractivity contribution in [3.05, 3.63) is 64.5 Å². The second-order valence-electron chi connectivity index (χ2n) is 5.02. The van der Waals surface area contributed by atoms with Gasteiger partial charge in [0.2, 0.25) is 0 Å². The van der Waals surface area contributed by atoms with E-state index in [1.165, 1.54) is 29.5 Å². The lowest BCUT2D eigenvalue weighted by Crippen LogP contribution is -1.90. The number of benzene rings is 2. The van der Waals surface area contributed by atoms with E-state index in [0.717, 1.165) is 27.0 Å². The molecule has 0 atom stereocenters. The molecule has 2 aromatic carbocycles. The van der Waals surface area contributed by atoms with E-state index in [1.807, 2.05) is 6.92 Å². The van der Waals surface area contributed by atoms with Crippen molar-refractivity contribution < 1.29 is 8.78 Å². The van der Waals surface area contributed by atoms with E-state index < -0.39 is 0 Å². The molecule has 0 aliphatic heterocycles. The van der Waals surface area contributed by atoms with Gasteiger partial charge in [0, 0.05) is 16.1 Å². The maximum Gasteiger partial charge on any atom is 0.187 e. The van der Waals surface area contributed by atoms with Gasteiger partial charge in [0.1, 0.15) is 11.6 Å². The van der Waals surface area contributed by atoms with Crippen LogP contribution in [0.15, 0.2) is 42.5 Å². The standard InChI is InChI=1S/C17H14F2N2S/c1-10-9-12(3-8-15(10)19)16-11(2)22-17(21-16)20-14-6-4-13(18)5-7-14/h3-9H,1-2H3,(H,20,21). The average molecular weight is 316 g/mol. The van der Waals surface area contributed by atoms with Crippen molar-refractivity contribution in [1.82, 2.24) is 4.98 Å². The zero-order valence-electron chi connectivity index (χ0n) is 12.2. The van der Waals surface area contributed by atoms with Gasteiger partial charge in [0.25, 0.3) is 0 Å². The minimum atomic E-state index is -0.275. The van der Waals surface area contributed by atoms with E-state index in [0.29, 0.717) is 5.56 Å². The first-order valence-corrected chi connectivity index (χ1v) is 7.61. The molecule has 1 heterocycles. The molecule has 0 amide bonds. The molecule has 0 aliphatic rings. The maximum atomic E-state index is 13.4. The Balaban J connectivity index is 1.90. The molecule has 0 aliphatic carbocycles. The third kappa shape index (κ3) is 2.99.